The Balaban J connectivity index is 0. The van der Waals surface area contributed by atoms with Gasteiger partial charge in [-0.2, -0.15) is 0 Å². The first-order valence-electron chi connectivity index (χ1n) is 2.93. The molecule has 0 fully saturated rings. The molecular weight excluding hydrogens is 196 g/mol. The van der Waals surface area contributed by atoms with E-state index in [0.29, 0.717) is 0 Å². The van der Waals surface area contributed by atoms with E-state index in [-0.39, 0.29) is 64.9 Å². The van der Waals surface area contributed by atoms with Crippen LogP contribution < -0.4 is 73.8 Å². The fourth-order valence-corrected chi connectivity index (χ4v) is 0.644. The number of hydrogen-bond acceptors (Lipinski definition) is 3. The van der Waals surface area contributed by atoms with Gasteiger partial charge in [0.1, 0.15) is 13.1 Å². The van der Waals surface area contributed by atoms with Crippen molar-refractivity contribution in [2.24, 2.45) is 0 Å². The van der Waals surface area contributed by atoms with E-state index in [0.717, 1.165) is 6.07 Å². The molecule has 58 valence electrons. The van der Waals surface area contributed by atoms with E-state index >= 15 is 0 Å². The molecule has 0 N–H and O–H groups in total. The molecule has 0 spiro atoms. The van der Waals surface area contributed by atoms with Gasteiger partial charge in [-0.1, -0.05) is 12.1 Å². The summed E-state index contributed by atoms with van der Waals surface area (Å²) in [7, 11) is -2.48. The zero-order valence-electron chi connectivity index (χ0n) is 7.49. The third-order valence-electron chi connectivity index (χ3n) is 1.06. The van der Waals surface area contributed by atoms with Crippen LogP contribution in [0.2, 0.25) is 0 Å². The molecule has 0 aliphatic carbocycles. The number of benzene rings is 1. The van der Waals surface area contributed by atoms with Crippen LogP contribution >= 0.6 is 0 Å². The minimum Gasteiger partial charge on any atom is -0.860 e. The normalized spacial score (nSPS) is 7.92. The zero-order valence-corrected chi connectivity index (χ0v) is 11.5. The van der Waals surface area contributed by atoms with Gasteiger partial charge in [0.2, 0.25) is 0 Å². The summed E-state index contributed by atoms with van der Waals surface area (Å²) in [6.45, 7) is 0. The first-order chi connectivity index (χ1) is 5.20. The molecule has 0 aliphatic rings. The minimum atomic E-state index is -2.48. The van der Waals surface area contributed by atoms with Gasteiger partial charge in [0.05, 0.1) is 0 Å². The predicted molar refractivity (Wildman–Crippen MR) is 32.8 cm³/mol. The number of halogens is 1. The monoisotopic (exact) mass is 200 g/mol. The summed E-state index contributed by atoms with van der Waals surface area (Å²) < 4.78 is 16.6. The van der Waals surface area contributed by atoms with Crippen LogP contribution in [0.1, 0.15) is 0 Å². The van der Waals surface area contributed by atoms with Crippen molar-refractivity contribution in [3.05, 3.63) is 30.1 Å². The molecule has 0 saturated carbocycles. The Hall–Kier alpha value is 0.935. The van der Waals surface area contributed by atoms with Crippen LogP contribution in [0.5, 0.6) is 5.75 Å². The van der Waals surface area contributed by atoms with Crippen molar-refractivity contribution in [1.82, 2.24) is 0 Å². The van der Waals surface area contributed by atoms with Gasteiger partial charge in [0.25, 0.3) is 0 Å². The maximum absolute atomic E-state index is 12.5. The van der Waals surface area contributed by atoms with Crippen LogP contribution in [-0.4, -0.2) is 7.32 Å². The predicted octanol–water partition coefficient (Wildman–Crippen LogP) is -7.08. The van der Waals surface area contributed by atoms with E-state index in [1.165, 1.54) is 18.2 Å². The molecule has 0 atom stereocenters. The smallest absolute Gasteiger partial charge is 0.860 e. The van der Waals surface area contributed by atoms with Gasteiger partial charge in [-0.05, 0) is 12.1 Å². The first kappa shape index (κ1) is 16.4. The number of rotatable bonds is 2. The van der Waals surface area contributed by atoms with E-state index in [1.807, 2.05) is 0 Å². The third kappa shape index (κ3) is 6.09. The SMILES string of the molecule is [Na+].[Na+].[O-]B([O-])Oc1ccccc1F. The summed E-state index contributed by atoms with van der Waals surface area (Å²) in [4.78, 5) is 0. The van der Waals surface area contributed by atoms with Gasteiger partial charge in [0.15, 0.2) is 5.82 Å². The topological polar surface area (TPSA) is 55.3 Å². The fraction of sp³-hybridized carbons (Fsp3) is 0. The molecule has 0 radical (unpaired) electrons. The van der Waals surface area contributed by atoms with Crippen molar-refractivity contribution in [2.45, 2.75) is 0 Å². The molecule has 0 heterocycles. The maximum Gasteiger partial charge on any atom is 1.00 e. The second kappa shape index (κ2) is 8.26. The van der Waals surface area contributed by atoms with Gasteiger partial charge < -0.3 is 14.7 Å². The van der Waals surface area contributed by atoms with Gasteiger partial charge in [-0.15, -0.1) is 0 Å². The molecule has 13 heavy (non-hydrogen) atoms. The summed E-state index contributed by atoms with van der Waals surface area (Å²) in [6.07, 6.45) is 0. The molecule has 0 unspecified atom stereocenters. The summed E-state index contributed by atoms with van der Waals surface area (Å²) in [5.74, 6) is -1.01. The quantitative estimate of drug-likeness (QED) is 0.445. The van der Waals surface area contributed by atoms with Crippen molar-refractivity contribution in [1.29, 1.82) is 0 Å². The van der Waals surface area contributed by atoms with Crippen molar-refractivity contribution in [3.8, 4) is 5.75 Å². The Bertz CT molecular complexity index is 249. The fourth-order valence-electron chi connectivity index (χ4n) is 0.644. The minimum absolute atomic E-state index is 0. The summed E-state index contributed by atoms with van der Waals surface area (Å²) >= 11 is 0. The zero-order chi connectivity index (χ0) is 8.27. The molecule has 0 aliphatic heterocycles. The van der Waals surface area contributed by atoms with Crippen LogP contribution in [0.15, 0.2) is 24.3 Å². The molecule has 3 nitrogen and oxygen atoms in total. The first-order valence-corrected chi connectivity index (χ1v) is 2.93. The van der Waals surface area contributed by atoms with E-state index in [9.17, 15) is 14.4 Å². The van der Waals surface area contributed by atoms with E-state index in [1.54, 1.807) is 0 Å². The van der Waals surface area contributed by atoms with Gasteiger partial charge >= 0.3 is 59.1 Å². The van der Waals surface area contributed by atoms with Gasteiger partial charge in [-0.25, -0.2) is 4.39 Å². The van der Waals surface area contributed by atoms with Gasteiger partial charge in [0, 0.05) is 0 Å². The molecular formula is C6H4BFNa2O3. The van der Waals surface area contributed by atoms with E-state index in [2.05, 4.69) is 4.65 Å². The average Bonchev–Trinajstić information content (AvgIpc) is 1.93. The molecule has 0 amide bonds. The van der Waals surface area contributed by atoms with Crippen molar-refractivity contribution in [3.63, 3.8) is 0 Å². The molecule has 7 heteroatoms. The van der Waals surface area contributed by atoms with Crippen LogP contribution in [0.4, 0.5) is 4.39 Å². The van der Waals surface area contributed by atoms with Crippen LogP contribution in [0.3, 0.4) is 0 Å². The van der Waals surface area contributed by atoms with Crippen LogP contribution in [-0.2, 0) is 0 Å². The molecule has 0 saturated heterocycles. The van der Waals surface area contributed by atoms with Crippen LogP contribution in [0, 0.1) is 5.82 Å². The number of hydrogen-bond donors (Lipinski definition) is 0. The average molecular weight is 200 g/mol. The summed E-state index contributed by atoms with van der Waals surface area (Å²) in [6, 6.07) is 5.24. The standard InChI is InChI=1S/C6H4BFO3.2Na/c8-5-3-1-2-4-6(5)11-7(9)10;;/h1-4H;;/q-2;2*+1. The largest absolute Gasteiger partial charge is 1.00 e. The molecule has 1 aromatic carbocycles. The van der Waals surface area contributed by atoms with Crippen molar-refractivity contribution in [2.75, 3.05) is 0 Å². The van der Waals surface area contributed by atoms with Crippen molar-refractivity contribution < 1.29 is 78.2 Å². The Morgan fingerprint density at radius 1 is 1.15 bits per heavy atom. The molecule has 1 rings (SSSR count). The second-order valence-corrected chi connectivity index (χ2v) is 1.84. The third-order valence-corrected chi connectivity index (χ3v) is 1.06. The summed E-state index contributed by atoms with van der Waals surface area (Å²) in [5.41, 5.74) is 0. The maximum atomic E-state index is 12.5. The van der Waals surface area contributed by atoms with E-state index < -0.39 is 13.1 Å². The van der Waals surface area contributed by atoms with Gasteiger partial charge in [-0.3, -0.25) is 0 Å². The van der Waals surface area contributed by atoms with Crippen LogP contribution in [0.25, 0.3) is 0 Å². The molecule has 0 aromatic heterocycles. The Labute approximate surface area is 120 Å². The Morgan fingerprint density at radius 2 is 1.69 bits per heavy atom. The number of para-hydroxylation sites is 1. The Kier molecular flexibility index (Phi) is 10.4. The molecule has 0 bridgehead atoms. The molecule has 1 aromatic rings. The Morgan fingerprint density at radius 3 is 2.15 bits per heavy atom. The van der Waals surface area contributed by atoms with Crippen molar-refractivity contribution >= 4 is 7.32 Å². The summed E-state index contributed by atoms with van der Waals surface area (Å²) in [5, 5.41) is 19.8. The second-order valence-electron chi connectivity index (χ2n) is 1.84. The van der Waals surface area contributed by atoms with E-state index in [4.69, 9.17) is 0 Å².